The van der Waals surface area contributed by atoms with Crippen molar-refractivity contribution in [3.05, 3.63) is 23.8 Å². The SMILES string of the molecule is CCOC(=O)C[C@H](O)C[C@@H](O)CC[C@@H]1[C@@H]2C(=C[C@@H](C)C[C@H]2OC(=O)C(C)(C)CC)C=C[C@@H]1C. The molecule has 0 aromatic rings. The summed E-state index contributed by atoms with van der Waals surface area (Å²) in [4.78, 5) is 24.5. The molecule has 0 heterocycles. The molecule has 2 aliphatic rings. The van der Waals surface area contributed by atoms with E-state index in [1.165, 1.54) is 5.57 Å². The molecule has 0 aromatic heterocycles. The van der Waals surface area contributed by atoms with Gasteiger partial charge in [-0.1, -0.05) is 39.0 Å². The van der Waals surface area contributed by atoms with Crippen molar-refractivity contribution in [3.63, 3.8) is 0 Å². The number of hydrogen-bond acceptors (Lipinski definition) is 6. The van der Waals surface area contributed by atoms with Gasteiger partial charge in [0.05, 0.1) is 30.7 Å². The number of carbonyl (C=O) groups excluding carboxylic acids is 2. The number of fused-ring (bicyclic) bond motifs is 1. The predicted octanol–water partition coefficient (Wildman–Crippen LogP) is 4.58. The Bertz CT molecular complexity index is 724. The van der Waals surface area contributed by atoms with Gasteiger partial charge in [-0.2, -0.15) is 0 Å². The number of allylic oxidation sites excluding steroid dienone is 3. The first-order chi connectivity index (χ1) is 15.5. The lowest BCUT2D eigenvalue weighted by molar-refractivity contribution is -0.164. The van der Waals surface area contributed by atoms with Gasteiger partial charge in [-0.05, 0) is 76.2 Å². The molecule has 0 saturated carbocycles. The van der Waals surface area contributed by atoms with Gasteiger partial charge in [0, 0.05) is 5.92 Å². The number of hydrogen-bond donors (Lipinski definition) is 2. The molecule has 0 saturated heterocycles. The number of carbonyl (C=O) groups is 2. The van der Waals surface area contributed by atoms with E-state index in [9.17, 15) is 19.8 Å². The zero-order chi connectivity index (χ0) is 24.8. The average molecular weight is 465 g/mol. The van der Waals surface area contributed by atoms with Crippen molar-refractivity contribution in [2.24, 2.45) is 29.1 Å². The van der Waals surface area contributed by atoms with Crippen LogP contribution >= 0.6 is 0 Å². The second-order valence-corrected chi connectivity index (χ2v) is 10.6. The largest absolute Gasteiger partial charge is 0.466 e. The Morgan fingerprint density at radius 2 is 1.88 bits per heavy atom. The topological polar surface area (TPSA) is 93.1 Å². The fraction of sp³-hybridized carbons (Fsp3) is 0.778. The molecular weight excluding hydrogens is 420 g/mol. The van der Waals surface area contributed by atoms with Gasteiger partial charge in [0.15, 0.2) is 0 Å². The van der Waals surface area contributed by atoms with Crippen molar-refractivity contribution < 1.29 is 29.3 Å². The highest BCUT2D eigenvalue weighted by Crippen LogP contribution is 2.45. The maximum atomic E-state index is 12.9. The molecule has 0 aliphatic heterocycles. The molecule has 6 heteroatoms. The maximum absolute atomic E-state index is 12.9. The number of aliphatic hydroxyl groups excluding tert-OH is 2. The quantitative estimate of drug-likeness (QED) is 0.435. The van der Waals surface area contributed by atoms with E-state index in [-0.39, 0.29) is 49.3 Å². The smallest absolute Gasteiger partial charge is 0.311 e. The van der Waals surface area contributed by atoms with Gasteiger partial charge in [0.1, 0.15) is 6.10 Å². The van der Waals surface area contributed by atoms with Gasteiger partial charge in [0.2, 0.25) is 0 Å². The van der Waals surface area contributed by atoms with Crippen LogP contribution in [0.4, 0.5) is 0 Å². The highest BCUT2D eigenvalue weighted by molar-refractivity contribution is 5.76. The minimum absolute atomic E-state index is 0.105. The van der Waals surface area contributed by atoms with Gasteiger partial charge in [-0.3, -0.25) is 9.59 Å². The van der Waals surface area contributed by atoms with Gasteiger partial charge < -0.3 is 19.7 Å². The molecule has 2 N–H and O–H groups in total. The van der Waals surface area contributed by atoms with Crippen molar-refractivity contribution >= 4 is 11.9 Å². The Hall–Kier alpha value is -1.66. The molecule has 0 radical (unpaired) electrons. The average Bonchev–Trinajstić information content (AvgIpc) is 2.72. The van der Waals surface area contributed by atoms with Gasteiger partial charge in [-0.15, -0.1) is 0 Å². The lowest BCUT2D eigenvalue weighted by atomic mass is 9.65. The number of aliphatic hydroxyl groups is 2. The van der Waals surface area contributed by atoms with Crippen LogP contribution in [0.2, 0.25) is 0 Å². The Labute approximate surface area is 199 Å². The van der Waals surface area contributed by atoms with Crippen LogP contribution in [0.15, 0.2) is 23.8 Å². The summed E-state index contributed by atoms with van der Waals surface area (Å²) < 4.78 is 11.0. The summed E-state index contributed by atoms with van der Waals surface area (Å²) in [6, 6.07) is 0. The van der Waals surface area contributed by atoms with Crippen molar-refractivity contribution in [2.45, 2.75) is 98.4 Å². The van der Waals surface area contributed by atoms with Crippen molar-refractivity contribution in [1.82, 2.24) is 0 Å². The number of rotatable bonds is 11. The zero-order valence-electron chi connectivity index (χ0n) is 21.3. The summed E-state index contributed by atoms with van der Waals surface area (Å²) >= 11 is 0. The molecule has 0 bridgehead atoms. The van der Waals surface area contributed by atoms with Crippen molar-refractivity contribution in [3.8, 4) is 0 Å². The summed E-state index contributed by atoms with van der Waals surface area (Å²) in [5, 5.41) is 20.7. The fourth-order valence-electron chi connectivity index (χ4n) is 4.98. The molecule has 0 spiro atoms. The van der Waals surface area contributed by atoms with E-state index >= 15 is 0 Å². The normalized spacial score (nSPS) is 29.0. The molecule has 0 amide bonds. The Kier molecular flexibility index (Phi) is 10.2. The molecule has 2 aliphatic carbocycles. The van der Waals surface area contributed by atoms with E-state index in [2.05, 4.69) is 32.1 Å². The van der Waals surface area contributed by atoms with Crippen LogP contribution in [0.5, 0.6) is 0 Å². The summed E-state index contributed by atoms with van der Waals surface area (Å²) in [5.41, 5.74) is 0.710. The Balaban J connectivity index is 2.07. The molecule has 33 heavy (non-hydrogen) atoms. The molecular formula is C27H44O6. The van der Waals surface area contributed by atoms with Crippen LogP contribution in [-0.4, -0.2) is 47.1 Å². The fourth-order valence-corrected chi connectivity index (χ4v) is 4.98. The highest BCUT2D eigenvalue weighted by Gasteiger charge is 2.42. The molecule has 6 nitrogen and oxygen atoms in total. The standard InChI is InChI=1S/C27H44O6/c1-7-27(5,6)26(31)33-23-14-17(3)13-19-10-9-18(4)22(25(19)23)12-11-20(28)15-21(29)16-24(30)32-8-2/h9-10,13,17-18,20-23,25,28-29H,7-8,11-12,14-16H2,1-6H3/t17-,18+,20+,21-,22+,23-,25+/m1/s1. The first kappa shape index (κ1) is 27.6. The van der Waals surface area contributed by atoms with Gasteiger partial charge >= 0.3 is 11.9 Å². The lowest BCUT2D eigenvalue weighted by Crippen LogP contribution is -2.43. The summed E-state index contributed by atoms with van der Waals surface area (Å²) in [7, 11) is 0. The Morgan fingerprint density at radius 3 is 2.52 bits per heavy atom. The minimum Gasteiger partial charge on any atom is -0.466 e. The second-order valence-electron chi connectivity index (χ2n) is 10.6. The van der Waals surface area contributed by atoms with Crippen LogP contribution < -0.4 is 0 Å². The number of esters is 2. The first-order valence-corrected chi connectivity index (χ1v) is 12.6. The third-order valence-electron chi connectivity index (χ3n) is 7.38. The summed E-state index contributed by atoms with van der Waals surface area (Å²) in [6.07, 6.45) is 7.70. The van der Waals surface area contributed by atoms with Crippen LogP contribution in [-0.2, 0) is 19.1 Å². The van der Waals surface area contributed by atoms with Crippen molar-refractivity contribution in [1.29, 1.82) is 0 Å². The molecule has 188 valence electrons. The first-order valence-electron chi connectivity index (χ1n) is 12.6. The van der Waals surface area contributed by atoms with Crippen LogP contribution in [0.3, 0.4) is 0 Å². The van der Waals surface area contributed by atoms with E-state index in [1.54, 1.807) is 6.92 Å². The molecule has 0 aromatic carbocycles. The van der Waals surface area contributed by atoms with Crippen LogP contribution in [0.25, 0.3) is 0 Å². The van der Waals surface area contributed by atoms with Gasteiger partial charge in [0.25, 0.3) is 0 Å². The van der Waals surface area contributed by atoms with E-state index in [0.29, 0.717) is 12.3 Å². The van der Waals surface area contributed by atoms with E-state index in [1.807, 2.05) is 20.8 Å². The third kappa shape index (κ3) is 7.68. The van der Waals surface area contributed by atoms with E-state index < -0.39 is 23.6 Å². The van der Waals surface area contributed by atoms with Crippen molar-refractivity contribution in [2.75, 3.05) is 6.61 Å². The third-order valence-corrected chi connectivity index (χ3v) is 7.38. The zero-order valence-corrected chi connectivity index (χ0v) is 21.3. The van der Waals surface area contributed by atoms with Crippen LogP contribution in [0.1, 0.15) is 80.1 Å². The predicted molar refractivity (Wildman–Crippen MR) is 128 cm³/mol. The Morgan fingerprint density at radius 1 is 1.18 bits per heavy atom. The monoisotopic (exact) mass is 464 g/mol. The van der Waals surface area contributed by atoms with Crippen LogP contribution in [0, 0.1) is 29.1 Å². The molecule has 0 fully saturated rings. The molecule has 2 rings (SSSR count). The highest BCUT2D eigenvalue weighted by atomic mass is 16.5. The minimum atomic E-state index is -0.918. The maximum Gasteiger partial charge on any atom is 0.311 e. The summed E-state index contributed by atoms with van der Waals surface area (Å²) in [5.74, 6) is 0.363. The number of ether oxygens (including phenoxy) is 2. The lowest BCUT2D eigenvalue weighted by Gasteiger charge is -2.44. The van der Waals surface area contributed by atoms with E-state index in [0.717, 1.165) is 19.3 Å². The molecule has 0 unspecified atom stereocenters. The summed E-state index contributed by atoms with van der Waals surface area (Å²) in [6.45, 7) is 12.2. The second kappa shape index (κ2) is 12.2. The van der Waals surface area contributed by atoms with E-state index in [4.69, 9.17) is 9.47 Å². The molecule has 7 atom stereocenters. The van der Waals surface area contributed by atoms with Gasteiger partial charge in [-0.25, -0.2) is 0 Å².